The van der Waals surface area contributed by atoms with Gasteiger partial charge in [-0.15, -0.1) is 11.3 Å². The number of benzene rings is 1. The molecule has 0 aliphatic carbocycles. The van der Waals surface area contributed by atoms with Crippen molar-refractivity contribution in [1.82, 2.24) is 15.1 Å². The first kappa shape index (κ1) is 18.7. The van der Waals surface area contributed by atoms with Crippen LogP contribution in [0.4, 0.5) is 4.79 Å². The van der Waals surface area contributed by atoms with Gasteiger partial charge in [-0.25, -0.2) is 4.79 Å². The second-order valence-electron chi connectivity index (χ2n) is 7.60. The SMILES string of the molecule is Cc1ccc(C)c(CN2C(=O)NC3(CCN(C(=O)c4cccs4)CC3)C2=O)c1. The molecule has 3 heterocycles. The molecule has 1 aromatic heterocycles. The molecule has 0 bridgehead atoms. The van der Waals surface area contributed by atoms with E-state index in [9.17, 15) is 14.4 Å². The number of piperidine rings is 1. The molecule has 0 atom stereocenters. The summed E-state index contributed by atoms with van der Waals surface area (Å²) in [5, 5.41) is 4.80. The molecule has 4 amide bonds. The van der Waals surface area contributed by atoms with Gasteiger partial charge in [0.25, 0.3) is 11.8 Å². The summed E-state index contributed by atoms with van der Waals surface area (Å²) in [6, 6.07) is 9.37. The fraction of sp³-hybridized carbons (Fsp3) is 0.381. The van der Waals surface area contributed by atoms with Crippen LogP contribution in [-0.2, 0) is 11.3 Å². The quantitative estimate of drug-likeness (QED) is 0.809. The second-order valence-corrected chi connectivity index (χ2v) is 8.55. The lowest BCUT2D eigenvalue weighted by Crippen LogP contribution is -2.55. The number of imide groups is 1. The van der Waals surface area contributed by atoms with Crippen molar-refractivity contribution in [3.05, 3.63) is 57.3 Å². The van der Waals surface area contributed by atoms with E-state index in [0.29, 0.717) is 30.8 Å². The monoisotopic (exact) mass is 397 g/mol. The lowest BCUT2D eigenvalue weighted by molar-refractivity contribution is -0.133. The van der Waals surface area contributed by atoms with Gasteiger partial charge in [0.05, 0.1) is 11.4 Å². The highest BCUT2D eigenvalue weighted by atomic mass is 32.1. The average Bonchev–Trinajstić information content (AvgIpc) is 3.29. The number of carbonyl (C=O) groups excluding carboxylic acids is 3. The summed E-state index contributed by atoms with van der Waals surface area (Å²) < 4.78 is 0. The maximum atomic E-state index is 13.1. The third-order valence-corrected chi connectivity index (χ3v) is 6.57. The molecule has 2 aromatic rings. The van der Waals surface area contributed by atoms with Gasteiger partial charge in [-0.2, -0.15) is 0 Å². The Labute approximate surface area is 168 Å². The number of carbonyl (C=O) groups is 3. The number of nitrogens with zero attached hydrogens (tertiary/aromatic N) is 2. The van der Waals surface area contributed by atoms with E-state index in [2.05, 4.69) is 5.32 Å². The third-order valence-electron chi connectivity index (χ3n) is 5.72. The number of rotatable bonds is 3. The second kappa shape index (κ2) is 7.05. The van der Waals surface area contributed by atoms with E-state index < -0.39 is 5.54 Å². The Bertz CT molecular complexity index is 930. The molecule has 1 N–H and O–H groups in total. The first-order chi connectivity index (χ1) is 13.4. The number of thiophene rings is 1. The summed E-state index contributed by atoms with van der Waals surface area (Å²) >= 11 is 1.42. The number of nitrogens with one attached hydrogen (secondary N) is 1. The predicted octanol–water partition coefficient (Wildman–Crippen LogP) is 3.09. The summed E-state index contributed by atoms with van der Waals surface area (Å²) in [6.45, 7) is 5.17. The molecule has 2 aliphatic rings. The van der Waals surface area contributed by atoms with E-state index in [1.54, 1.807) is 4.90 Å². The smallest absolute Gasteiger partial charge is 0.325 e. The van der Waals surface area contributed by atoms with E-state index in [-0.39, 0.29) is 24.4 Å². The Morgan fingerprint density at radius 3 is 2.61 bits per heavy atom. The van der Waals surface area contributed by atoms with Gasteiger partial charge in [-0.1, -0.05) is 29.8 Å². The minimum absolute atomic E-state index is 0.00568. The van der Waals surface area contributed by atoms with Gasteiger partial charge < -0.3 is 10.2 Å². The number of urea groups is 1. The molecule has 7 heteroatoms. The number of aryl methyl sites for hydroxylation is 2. The highest BCUT2D eigenvalue weighted by molar-refractivity contribution is 7.12. The van der Waals surface area contributed by atoms with Crippen molar-refractivity contribution < 1.29 is 14.4 Å². The van der Waals surface area contributed by atoms with E-state index in [1.165, 1.54) is 16.2 Å². The van der Waals surface area contributed by atoms with Crippen LogP contribution in [0.25, 0.3) is 0 Å². The highest BCUT2D eigenvalue weighted by Gasteiger charge is 2.52. The molecule has 2 fully saturated rings. The zero-order valence-electron chi connectivity index (χ0n) is 16.0. The summed E-state index contributed by atoms with van der Waals surface area (Å²) in [7, 11) is 0. The Morgan fingerprint density at radius 1 is 1.18 bits per heavy atom. The molecule has 1 spiro atoms. The van der Waals surface area contributed by atoms with Crippen LogP contribution < -0.4 is 5.32 Å². The maximum Gasteiger partial charge on any atom is 0.325 e. The van der Waals surface area contributed by atoms with E-state index in [4.69, 9.17) is 0 Å². The summed E-state index contributed by atoms with van der Waals surface area (Å²) in [6.07, 6.45) is 0.885. The van der Waals surface area contributed by atoms with Crippen LogP contribution in [0.15, 0.2) is 35.7 Å². The van der Waals surface area contributed by atoms with Crippen LogP contribution in [0, 0.1) is 13.8 Å². The Balaban J connectivity index is 1.47. The molecule has 1 aromatic carbocycles. The zero-order chi connectivity index (χ0) is 19.9. The fourth-order valence-electron chi connectivity index (χ4n) is 3.95. The molecule has 2 aliphatic heterocycles. The van der Waals surface area contributed by atoms with Crippen molar-refractivity contribution in [1.29, 1.82) is 0 Å². The maximum absolute atomic E-state index is 13.1. The summed E-state index contributed by atoms with van der Waals surface area (Å²) in [4.78, 5) is 42.0. The normalized spacial score (nSPS) is 18.6. The van der Waals surface area contributed by atoms with Gasteiger partial charge in [-0.05, 0) is 49.3 Å². The lowest BCUT2D eigenvalue weighted by atomic mass is 9.87. The Hall–Kier alpha value is -2.67. The van der Waals surface area contributed by atoms with Crippen molar-refractivity contribution in [3.63, 3.8) is 0 Å². The zero-order valence-corrected chi connectivity index (χ0v) is 16.8. The molecule has 28 heavy (non-hydrogen) atoms. The van der Waals surface area contributed by atoms with Crippen LogP contribution in [0.3, 0.4) is 0 Å². The van der Waals surface area contributed by atoms with Gasteiger partial charge in [0, 0.05) is 13.1 Å². The van der Waals surface area contributed by atoms with Crippen LogP contribution in [0.2, 0.25) is 0 Å². The van der Waals surface area contributed by atoms with Crippen LogP contribution >= 0.6 is 11.3 Å². The van der Waals surface area contributed by atoms with Gasteiger partial charge >= 0.3 is 6.03 Å². The summed E-state index contributed by atoms with van der Waals surface area (Å²) in [5.74, 6) is -0.185. The van der Waals surface area contributed by atoms with Gasteiger partial charge in [0.1, 0.15) is 5.54 Å². The molecule has 0 saturated carbocycles. The number of amides is 4. The van der Waals surface area contributed by atoms with Crippen LogP contribution in [0.1, 0.15) is 39.2 Å². The van der Waals surface area contributed by atoms with Crippen LogP contribution in [-0.4, -0.2) is 46.3 Å². The molecule has 0 unspecified atom stereocenters. The van der Waals surface area contributed by atoms with Crippen molar-refractivity contribution in [2.75, 3.05) is 13.1 Å². The number of hydrogen-bond acceptors (Lipinski definition) is 4. The molecule has 6 nitrogen and oxygen atoms in total. The lowest BCUT2D eigenvalue weighted by Gasteiger charge is -2.37. The van der Waals surface area contributed by atoms with Crippen molar-refractivity contribution in [3.8, 4) is 0 Å². The molecule has 0 radical (unpaired) electrons. The first-order valence-corrected chi connectivity index (χ1v) is 10.3. The molecular formula is C21H23N3O3S. The van der Waals surface area contributed by atoms with Gasteiger partial charge in [-0.3, -0.25) is 14.5 Å². The molecular weight excluding hydrogens is 374 g/mol. The average molecular weight is 398 g/mol. The minimum atomic E-state index is -0.888. The standard InChI is InChI=1S/C21H23N3O3S/c1-14-5-6-15(2)16(12-14)13-24-19(26)21(22-20(24)27)7-9-23(10-8-21)18(25)17-4-3-11-28-17/h3-6,11-12H,7-10,13H2,1-2H3,(H,22,27). The Morgan fingerprint density at radius 2 is 1.93 bits per heavy atom. The van der Waals surface area contributed by atoms with E-state index in [0.717, 1.165) is 16.7 Å². The van der Waals surface area contributed by atoms with E-state index >= 15 is 0 Å². The first-order valence-electron chi connectivity index (χ1n) is 9.43. The van der Waals surface area contributed by atoms with Crippen molar-refractivity contribution in [2.24, 2.45) is 0 Å². The van der Waals surface area contributed by atoms with E-state index in [1.807, 2.05) is 49.6 Å². The molecule has 4 rings (SSSR count). The minimum Gasteiger partial charge on any atom is -0.338 e. The number of likely N-dealkylation sites (tertiary alicyclic amines) is 1. The molecule has 146 valence electrons. The van der Waals surface area contributed by atoms with Crippen molar-refractivity contribution in [2.45, 2.75) is 38.8 Å². The third kappa shape index (κ3) is 3.20. The fourth-order valence-corrected chi connectivity index (χ4v) is 4.64. The highest BCUT2D eigenvalue weighted by Crippen LogP contribution is 2.31. The van der Waals surface area contributed by atoms with Gasteiger partial charge in [0.2, 0.25) is 0 Å². The number of hydrogen-bond donors (Lipinski definition) is 1. The summed E-state index contributed by atoms with van der Waals surface area (Å²) in [5.41, 5.74) is 2.25. The predicted molar refractivity (Wildman–Crippen MR) is 107 cm³/mol. The van der Waals surface area contributed by atoms with Gasteiger partial charge in [0.15, 0.2) is 0 Å². The molecule has 2 saturated heterocycles. The van der Waals surface area contributed by atoms with Crippen LogP contribution in [0.5, 0.6) is 0 Å². The largest absolute Gasteiger partial charge is 0.338 e. The topological polar surface area (TPSA) is 69.7 Å². The van der Waals surface area contributed by atoms with Crippen molar-refractivity contribution >= 4 is 29.2 Å². The Kier molecular flexibility index (Phi) is 4.71.